The molecule has 1 atom stereocenters. The summed E-state index contributed by atoms with van der Waals surface area (Å²) in [4.78, 5) is 20.3. The summed E-state index contributed by atoms with van der Waals surface area (Å²) in [5, 5.41) is 19.7. The van der Waals surface area contributed by atoms with Gasteiger partial charge in [0, 0.05) is 30.0 Å². The fraction of sp³-hybridized carbons (Fsp3) is 0.333. The summed E-state index contributed by atoms with van der Waals surface area (Å²) in [5.41, 5.74) is 3.35. The van der Waals surface area contributed by atoms with Crippen LogP contribution in [0.2, 0.25) is 0 Å². The smallest absolute Gasteiger partial charge is 0.227 e. The first-order valence-corrected chi connectivity index (χ1v) is 9.80. The lowest BCUT2D eigenvalue weighted by Crippen LogP contribution is -2.36. The summed E-state index contributed by atoms with van der Waals surface area (Å²) in [7, 11) is 0. The van der Waals surface area contributed by atoms with E-state index in [-0.39, 0.29) is 23.5 Å². The summed E-state index contributed by atoms with van der Waals surface area (Å²) < 4.78 is 16.1. The maximum Gasteiger partial charge on any atom is 0.227 e. The van der Waals surface area contributed by atoms with Crippen LogP contribution in [0.5, 0.6) is 0 Å². The maximum absolute atomic E-state index is 14.3. The van der Waals surface area contributed by atoms with Gasteiger partial charge in [0.1, 0.15) is 12.3 Å². The number of carbonyl (C=O) groups is 1. The molecule has 0 radical (unpaired) electrons. The van der Waals surface area contributed by atoms with Gasteiger partial charge in [-0.05, 0) is 43.5 Å². The summed E-state index contributed by atoms with van der Waals surface area (Å²) in [6, 6.07) is 5.25. The number of hydrogen-bond donors (Lipinski definition) is 3. The Morgan fingerprint density at radius 3 is 2.97 bits per heavy atom. The van der Waals surface area contributed by atoms with Crippen LogP contribution in [0.15, 0.2) is 36.8 Å². The van der Waals surface area contributed by atoms with Gasteiger partial charge >= 0.3 is 0 Å². The quantitative estimate of drug-likeness (QED) is 0.574. The number of benzene rings is 1. The van der Waals surface area contributed by atoms with E-state index in [9.17, 15) is 14.3 Å². The van der Waals surface area contributed by atoms with E-state index in [1.165, 1.54) is 0 Å². The van der Waals surface area contributed by atoms with Gasteiger partial charge in [0.2, 0.25) is 5.95 Å². The highest BCUT2D eigenvalue weighted by Crippen LogP contribution is 2.28. The number of Topliss-reactive ketones (excluding diaryl/α,β-unsaturated/α-hetero) is 1. The number of nitrogens with zero attached hydrogens (tertiary/aromatic N) is 4. The van der Waals surface area contributed by atoms with Crippen molar-refractivity contribution in [2.75, 3.05) is 18.5 Å². The fourth-order valence-electron chi connectivity index (χ4n) is 3.52. The summed E-state index contributed by atoms with van der Waals surface area (Å²) in [6.07, 6.45) is 5.23. The van der Waals surface area contributed by atoms with Crippen LogP contribution >= 0.6 is 0 Å². The molecule has 8 nitrogen and oxygen atoms in total. The predicted molar refractivity (Wildman–Crippen MR) is 110 cm³/mol. The molecule has 1 aliphatic rings. The molecule has 2 aromatic heterocycles. The Balaban J connectivity index is 1.60. The van der Waals surface area contributed by atoms with Crippen molar-refractivity contribution in [1.29, 1.82) is 0 Å². The third kappa shape index (κ3) is 3.94. The molecule has 0 spiro atoms. The predicted octanol–water partition coefficient (Wildman–Crippen LogP) is 2.55. The molecule has 0 aliphatic carbocycles. The van der Waals surface area contributed by atoms with E-state index >= 15 is 0 Å². The van der Waals surface area contributed by atoms with Crippen molar-refractivity contribution in [2.45, 2.75) is 32.4 Å². The van der Waals surface area contributed by atoms with Gasteiger partial charge in [-0.1, -0.05) is 6.07 Å². The van der Waals surface area contributed by atoms with Gasteiger partial charge in [-0.15, -0.1) is 0 Å². The van der Waals surface area contributed by atoms with Crippen LogP contribution in [0.3, 0.4) is 0 Å². The highest BCUT2D eigenvalue weighted by molar-refractivity contribution is 5.87. The molecule has 0 saturated heterocycles. The maximum atomic E-state index is 14.3. The highest BCUT2D eigenvalue weighted by atomic mass is 19.1. The Morgan fingerprint density at radius 2 is 2.23 bits per heavy atom. The minimum Gasteiger partial charge on any atom is -0.389 e. The molecule has 9 heteroatoms. The first-order valence-electron chi connectivity index (χ1n) is 9.80. The highest BCUT2D eigenvalue weighted by Gasteiger charge is 2.25. The SMILES string of the molecule is CC(C)n1cc(-c2nc(Nc3ccc4c(c3)CCNC4C(=O)CO)ncc2F)cn1. The van der Waals surface area contributed by atoms with E-state index in [1.54, 1.807) is 17.1 Å². The third-order valence-electron chi connectivity index (χ3n) is 5.08. The normalized spacial score (nSPS) is 15.8. The topological polar surface area (TPSA) is 105 Å². The summed E-state index contributed by atoms with van der Waals surface area (Å²) in [5.74, 6) is -0.517. The molecule has 3 aromatic rings. The number of aromatic nitrogens is 4. The Hall–Kier alpha value is -3.17. The molecule has 3 N–H and O–H groups in total. The van der Waals surface area contributed by atoms with Crippen LogP contribution in [0.25, 0.3) is 11.3 Å². The number of halogens is 1. The van der Waals surface area contributed by atoms with E-state index in [0.29, 0.717) is 12.1 Å². The van der Waals surface area contributed by atoms with Crippen molar-refractivity contribution in [1.82, 2.24) is 25.1 Å². The van der Waals surface area contributed by atoms with E-state index < -0.39 is 18.5 Å². The zero-order chi connectivity index (χ0) is 21.3. The zero-order valence-electron chi connectivity index (χ0n) is 16.8. The summed E-state index contributed by atoms with van der Waals surface area (Å²) in [6.45, 7) is 4.12. The molecular weight excluding hydrogens is 387 g/mol. The molecular formula is C21H23FN6O2. The van der Waals surface area contributed by atoms with Crippen LogP contribution in [-0.4, -0.2) is 43.8 Å². The van der Waals surface area contributed by atoms with Gasteiger partial charge in [0.25, 0.3) is 0 Å². The number of fused-ring (bicyclic) bond motifs is 1. The number of anilines is 2. The Labute approximate surface area is 173 Å². The molecule has 0 bridgehead atoms. The van der Waals surface area contributed by atoms with Crippen molar-refractivity contribution in [3.63, 3.8) is 0 Å². The molecule has 1 aromatic carbocycles. The molecule has 0 saturated carbocycles. The number of aliphatic hydroxyl groups is 1. The zero-order valence-corrected chi connectivity index (χ0v) is 16.8. The second kappa shape index (κ2) is 8.29. The largest absolute Gasteiger partial charge is 0.389 e. The van der Waals surface area contributed by atoms with Gasteiger partial charge in [0.05, 0.1) is 18.4 Å². The Bertz CT molecular complexity index is 1080. The Kier molecular flexibility index (Phi) is 5.56. The standard InChI is InChI=1S/C21H23FN6O2/c1-12(2)28-10-14(8-25-28)19-17(22)9-24-21(27-19)26-15-3-4-16-13(7-15)5-6-23-20(16)18(30)11-29/h3-4,7-10,12,20,23,29H,5-6,11H2,1-2H3,(H,24,26,27). The van der Waals surface area contributed by atoms with Crippen molar-refractivity contribution >= 4 is 17.4 Å². The minimum absolute atomic E-state index is 0.160. The molecule has 0 fully saturated rings. The molecule has 30 heavy (non-hydrogen) atoms. The molecule has 3 heterocycles. The number of hydrogen-bond acceptors (Lipinski definition) is 7. The van der Waals surface area contributed by atoms with Crippen molar-refractivity contribution in [3.05, 3.63) is 53.7 Å². The van der Waals surface area contributed by atoms with Crippen LogP contribution in [0.1, 0.15) is 37.1 Å². The minimum atomic E-state index is -0.522. The number of nitrogens with one attached hydrogen (secondary N) is 2. The molecule has 0 amide bonds. The Morgan fingerprint density at radius 1 is 1.40 bits per heavy atom. The van der Waals surface area contributed by atoms with Crippen molar-refractivity contribution in [3.8, 4) is 11.3 Å². The van der Waals surface area contributed by atoms with Gasteiger partial charge in [-0.3, -0.25) is 9.48 Å². The van der Waals surface area contributed by atoms with Gasteiger partial charge in [-0.25, -0.2) is 14.4 Å². The van der Waals surface area contributed by atoms with Crippen molar-refractivity contribution in [2.24, 2.45) is 0 Å². The molecule has 156 valence electrons. The van der Waals surface area contributed by atoms with Crippen LogP contribution in [-0.2, 0) is 11.2 Å². The molecule has 1 unspecified atom stereocenters. The molecule has 4 rings (SSSR count). The van der Waals surface area contributed by atoms with E-state index in [1.807, 2.05) is 32.0 Å². The van der Waals surface area contributed by atoms with Gasteiger partial charge < -0.3 is 15.7 Å². The lowest BCUT2D eigenvalue weighted by Gasteiger charge is -2.26. The van der Waals surface area contributed by atoms with Crippen LogP contribution < -0.4 is 10.6 Å². The van der Waals surface area contributed by atoms with Crippen molar-refractivity contribution < 1.29 is 14.3 Å². The van der Waals surface area contributed by atoms with E-state index in [2.05, 4.69) is 25.7 Å². The first-order chi connectivity index (χ1) is 14.5. The van der Waals surface area contributed by atoms with E-state index in [4.69, 9.17) is 0 Å². The lowest BCUT2D eigenvalue weighted by atomic mass is 9.91. The third-order valence-corrected chi connectivity index (χ3v) is 5.08. The summed E-state index contributed by atoms with van der Waals surface area (Å²) >= 11 is 0. The average molecular weight is 410 g/mol. The van der Waals surface area contributed by atoms with Crippen LogP contribution in [0.4, 0.5) is 16.0 Å². The van der Waals surface area contributed by atoms with Crippen LogP contribution in [0, 0.1) is 5.82 Å². The first kappa shape index (κ1) is 20.1. The number of rotatable bonds is 6. The number of aliphatic hydroxyl groups excluding tert-OH is 1. The molecule has 1 aliphatic heterocycles. The lowest BCUT2D eigenvalue weighted by molar-refractivity contribution is -0.124. The second-order valence-corrected chi connectivity index (χ2v) is 7.49. The van der Waals surface area contributed by atoms with Gasteiger partial charge in [0.15, 0.2) is 11.6 Å². The fourth-order valence-corrected chi connectivity index (χ4v) is 3.52. The number of ketones is 1. The van der Waals surface area contributed by atoms with E-state index in [0.717, 1.165) is 29.4 Å². The average Bonchev–Trinajstić information content (AvgIpc) is 3.24. The second-order valence-electron chi connectivity index (χ2n) is 7.49. The monoisotopic (exact) mass is 410 g/mol. The van der Waals surface area contributed by atoms with Gasteiger partial charge in [-0.2, -0.15) is 5.10 Å². The number of carbonyl (C=O) groups excluding carboxylic acids is 1.